The Balaban J connectivity index is 2.34. The minimum atomic E-state index is -4.44. The fourth-order valence-electron chi connectivity index (χ4n) is 1.89. The summed E-state index contributed by atoms with van der Waals surface area (Å²) in [5.74, 6) is -0.198. The number of nitrogens with zero attached hydrogens (tertiary/aromatic N) is 1. The van der Waals surface area contributed by atoms with Gasteiger partial charge in [0.25, 0.3) is 0 Å². The maximum Gasteiger partial charge on any atom is 0.416 e. The third kappa shape index (κ3) is 3.09. The summed E-state index contributed by atoms with van der Waals surface area (Å²) in [5, 5.41) is 0. The van der Waals surface area contributed by atoms with E-state index in [0.717, 1.165) is 24.3 Å². The largest absolute Gasteiger partial charge is 0.508 e. The zero-order chi connectivity index (χ0) is 16.3. The van der Waals surface area contributed by atoms with Crippen LogP contribution in [0.2, 0.25) is 0 Å². The van der Waals surface area contributed by atoms with Crippen LogP contribution in [-0.4, -0.2) is 12.9 Å². The van der Waals surface area contributed by atoms with Crippen LogP contribution in [-0.2, 0) is 6.18 Å². The lowest BCUT2D eigenvalue weighted by molar-refractivity contribution is -0.137. The average molecular weight is 304 g/mol. The van der Waals surface area contributed by atoms with Crippen molar-refractivity contribution in [3.8, 4) is 5.75 Å². The van der Waals surface area contributed by atoms with E-state index in [1.807, 2.05) is 0 Å². The van der Waals surface area contributed by atoms with Crippen LogP contribution in [0.3, 0.4) is 0 Å². The summed E-state index contributed by atoms with van der Waals surface area (Å²) in [4.78, 5) is 15.5. The molecule has 0 amide bonds. The minimum Gasteiger partial charge on any atom is -0.508 e. The molecule has 0 aliphatic carbocycles. The molecule has 0 spiro atoms. The second-order valence-corrected chi connectivity index (χ2v) is 4.40. The van der Waals surface area contributed by atoms with E-state index in [1.54, 1.807) is 0 Å². The summed E-state index contributed by atoms with van der Waals surface area (Å²) in [6.45, 7) is 6.97. The van der Waals surface area contributed by atoms with Crippen molar-refractivity contribution in [2.75, 3.05) is 7.11 Å². The Labute approximate surface area is 124 Å². The molecule has 0 saturated heterocycles. The smallest absolute Gasteiger partial charge is 0.416 e. The van der Waals surface area contributed by atoms with Gasteiger partial charge in [-0.1, -0.05) is 24.3 Å². The van der Waals surface area contributed by atoms with Crippen LogP contribution in [0, 0.1) is 6.57 Å². The maximum absolute atomic E-state index is 12.5. The van der Waals surface area contributed by atoms with Crippen molar-refractivity contribution < 1.29 is 22.7 Å². The highest BCUT2D eigenvalue weighted by Gasteiger charge is 2.30. The number of ether oxygens (including phenoxy) is 1. The quantitative estimate of drug-likeness (QED) is 0.617. The zero-order valence-corrected chi connectivity index (χ0v) is 11.4. The average Bonchev–Trinajstić information content (AvgIpc) is 2.52. The van der Waals surface area contributed by atoms with Gasteiger partial charge in [0.2, 0.25) is 5.69 Å². The Bertz CT molecular complexity index is 743. The molecule has 0 aliphatic rings. The highest BCUT2D eigenvalue weighted by atomic mass is 19.4. The number of alkyl halides is 3. The van der Waals surface area contributed by atoms with Crippen LogP contribution in [0.25, 0.3) is 4.85 Å². The summed E-state index contributed by atoms with van der Waals surface area (Å²) >= 11 is 0. The van der Waals surface area contributed by atoms with Crippen molar-refractivity contribution in [3.05, 3.63) is 70.6 Å². The molecule has 0 atom stereocenters. The summed E-state index contributed by atoms with van der Waals surface area (Å²) < 4.78 is 42.5. The first-order valence-electron chi connectivity index (χ1n) is 6.14. The first-order valence-corrected chi connectivity index (χ1v) is 6.14. The summed E-state index contributed by atoms with van der Waals surface area (Å²) in [7, 11) is 1.37. The minimum absolute atomic E-state index is 0.130. The van der Waals surface area contributed by atoms with Crippen LogP contribution in [0.15, 0.2) is 42.5 Å². The number of carbonyl (C=O) groups excluding carboxylic acids is 1. The van der Waals surface area contributed by atoms with Gasteiger partial charge in [-0.2, -0.15) is 13.2 Å². The Morgan fingerprint density at radius 3 is 2.18 bits per heavy atom. The molecule has 2 rings (SSSR count). The van der Waals surface area contributed by atoms with Gasteiger partial charge in [-0.25, -0.2) is 4.85 Å². The molecule has 0 fully saturated rings. The first kappa shape index (κ1) is 15.6. The van der Waals surface area contributed by atoms with Crippen LogP contribution in [0.1, 0.15) is 21.5 Å². The van der Waals surface area contributed by atoms with Gasteiger partial charge in [0, 0.05) is 11.1 Å². The topological polar surface area (TPSA) is 30.7 Å². The Morgan fingerprint density at radius 1 is 1.09 bits per heavy atom. The Hall–Kier alpha value is -2.81. The van der Waals surface area contributed by atoms with Crippen molar-refractivity contribution >= 4 is 11.5 Å². The molecule has 0 bridgehead atoms. The molecule has 112 valence electrons. The third-order valence-corrected chi connectivity index (χ3v) is 3.04. The summed E-state index contributed by atoms with van der Waals surface area (Å²) in [5.41, 5.74) is -0.189. The van der Waals surface area contributed by atoms with E-state index in [9.17, 15) is 18.0 Å². The molecule has 0 radical (unpaired) electrons. The van der Waals surface area contributed by atoms with E-state index in [2.05, 4.69) is 4.85 Å². The highest BCUT2D eigenvalue weighted by Crippen LogP contribution is 2.31. The van der Waals surface area contributed by atoms with Gasteiger partial charge in [-0.3, -0.25) is 4.79 Å². The first-order chi connectivity index (χ1) is 10.4. The highest BCUT2D eigenvalue weighted by molar-refractivity contribution is 6.09. The van der Waals surface area contributed by atoms with Crippen LogP contribution in [0.5, 0.6) is 5.75 Å². The van der Waals surface area contributed by atoms with Crippen LogP contribution >= 0.6 is 0 Å². The molecule has 0 N–H and O–H groups in total. The van der Waals surface area contributed by atoms with Gasteiger partial charge in [0.15, 0.2) is 5.78 Å². The van der Waals surface area contributed by atoms with Crippen molar-refractivity contribution in [3.63, 3.8) is 0 Å². The number of hydrogen-bond acceptors (Lipinski definition) is 2. The fraction of sp³-hybridized carbons (Fsp3) is 0.125. The van der Waals surface area contributed by atoms with Crippen LogP contribution in [0.4, 0.5) is 18.9 Å². The predicted molar refractivity (Wildman–Crippen MR) is 74.1 cm³/mol. The van der Waals surface area contributed by atoms with Gasteiger partial charge in [0.05, 0.1) is 19.2 Å². The molecule has 0 saturated carbocycles. The molecule has 0 aromatic heterocycles. The van der Waals surface area contributed by atoms with Gasteiger partial charge in [-0.15, -0.1) is 0 Å². The van der Waals surface area contributed by atoms with E-state index in [1.165, 1.54) is 25.3 Å². The lowest BCUT2D eigenvalue weighted by atomic mass is 10.0. The molecule has 2 aromatic carbocycles. The molecule has 0 aliphatic heterocycles. The molecule has 3 nitrogen and oxygen atoms in total. The molecular weight excluding hydrogens is 294 g/mol. The van der Waals surface area contributed by atoms with Gasteiger partial charge in [0.1, 0.15) is 5.75 Å². The van der Waals surface area contributed by atoms with E-state index >= 15 is 0 Å². The van der Waals surface area contributed by atoms with Gasteiger partial charge >= 0.3 is 6.18 Å². The predicted octanol–water partition coefficient (Wildman–Crippen LogP) is 4.50. The normalized spacial score (nSPS) is 10.9. The monoisotopic (exact) mass is 304 g/mol. The number of ketones is 1. The molecular formula is C16H10F3NO2. The number of carbonyl (C=O) groups is 1. The van der Waals surface area contributed by atoms with Gasteiger partial charge < -0.3 is 4.74 Å². The van der Waals surface area contributed by atoms with Gasteiger partial charge in [-0.05, 0) is 18.2 Å². The Kier molecular flexibility index (Phi) is 4.18. The van der Waals surface area contributed by atoms with Crippen molar-refractivity contribution in [2.45, 2.75) is 6.18 Å². The summed E-state index contributed by atoms with van der Waals surface area (Å²) in [6, 6.07) is 8.24. The Morgan fingerprint density at radius 2 is 1.68 bits per heavy atom. The second kappa shape index (κ2) is 5.90. The number of methoxy groups -OCH3 is 1. The lowest BCUT2D eigenvalue weighted by Crippen LogP contribution is -2.06. The molecule has 0 heterocycles. The maximum atomic E-state index is 12.5. The summed E-state index contributed by atoms with van der Waals surface area (Å²) in [6.07, 6.45) is -4.44. The standard InChI is InChI=1S/C16H10F3NO2/c1-20-13-8-5-11(9-14(13)22-2)15(21)10-3-6-12(7-4-10)16(17,18)19/h3-9H,2H3/i1-1. The lowest BCUT2D eigenvalue weighted by Gasteiger charge is -2.08. The van der Waals surface area contributed by atoms with Crippen molar-refractivity contribution in [1.82, 2.24) is 0 Å². The van der Waals surface area contributed by atoms with E-state index in [-0.39, 0.29) is 22.6 Å². The number of rotatable bonds is 3. The third-order valence-electron chi connectivity index (χ3n) is 3.04. The SMILES string of the molecule is COc1cc(C(=O)c2ccc(C(F)(F)F)cc2)ccc1[N+]#[11C-]. The number of hydrogen-bond donors (Lipinski definition) is 0. The van der Waals surface area contributed by atoms with Crippen LogP contribution < -0.4 is 4.74 Å². The number of benzene rings is 2. The van der Waals surface area contributed by atoms with E-state index < -0.39 is 17.5 Å². The molecule has 6 heteroatoms. The van der Waals surface area contributed by atoms with E-state index in [0.29, 0.717) is 0 Å². The molecule has 0 unspecified atom stereocenters. The molecule has 22 heavy (non-hydrogen) atoms. The fourth-order valence-corrected chi connectivity index (χ4v) is 1.89. The van der Waals surface area contributed by atoms with Crippen molar-refractivity contribution in [2.24, 2.45) is 0 Å². The molecule has 2 aromatic rings. The number of halogens is 3. The second-order valence-electron chi connectivity index (χ2n) is 4.40. The zero-order valence-electron chi connectivity index (χ0n) is 11.4. The van der Waals surface area contributed by atoms with Crippen molar-refractivity contribution in [1.29, 1.82) is 0 Å². The van der Waals surface area contributed by atoms with E-state index in [4.69, 9.17) is 11.3 Å².